The number of carbonyl (C=O) groups excluding carboxylic acids is 3. The molecule has 2 heterocycles. The van der Waals surface area contributed by atoms with Gasteiger partial charge in [-0.3, -0.25) is 14.4 Å². The molecule has 1 aromatic rings. The van der Waals surface area contributed by atoms with Crippen molar-refractivity contribution >= 4 is 23.2 Å². The number of likely N-dealkylation sites (tertiary alicyclic amines) is 2. The summed E-state index contributed by atoms with van der Waals surface area (Å²) in [6.07, 6.45) is 6.63. The van der Waals surface area contributed by atoms with Crippen molar-refractivity contribution in [1.29, 1.82) is 0 Å². The van der Waals surface area contributed by atoms with E-state index in [4.69, 9.17) is 0 Å². The highest BCUT2D eigenvalue weighted by atomic mass is 16.2. The predicted molar refractivity (Wildman–Crippen MR) is 133 cm³/mol. The van der Waals surface area contributed by atoms with Gasteiger partial charge in [0.05, 0.1) is 5.92 Å². The summed E-state index contributed by atoms with van der Waals surface area (Å²) >= 11 is 0. The fourth-order valence-electron chi connectivity index (χ4n) is 4.98. The number of benzene rings is 1. The monoisotopic (exact) mass is 452 g/mol. The zero-order chi connectivity index (χ0) is 24.2. The molecule has 0 spiro atoms. The third-order valence-electron chi connectivity index (χ3n) is 7.12. The van der Waals surface area contributed by atoms with E-state index in [1.807, 2.05) is 63.8 Å². The van der Waals surface area contributed by atoms with Crippen LogP contribution in [0.1, 0.15) is 77.3 Å². The van der Waals surface area contributed by atoms with Gasteiger partial charge in [-0.2, -0.15) is 0 Å². The highest BCUT2D eigenvalue weighted by molar-refractivity contribution is 5.99. The number of aryl methyl sites for hydroxylation is 1. The predicted octanol–water partition coefficient (Wildman–Crippen LogP) is 5.02. The number of hydrogen-bond acceptors (Lipinski definition) is 3. The van der Waals surface area contributed by atoms with E-state index >= 15 is 0 Å². The molecule has 5 nitrogen and oxygen atoms in total. The third-order valence-corrected chi connectivity index (χ3v) is 7.12. The Morgan fingerprint density at radius 1 is 1.00 bits per heavy atom. The Bertz CT molecular complexity index is 889. The lowest BCUT2D eigenvalue weighted by atomic mass is 9.76. The van der Waals surface area contributed by atoms with Crippen molar-refractivity contribution < 1.29 is 14.4 Å². The Labute approximate surface area is 199 Å². The van der Waals surface area contributed by atoms with Crippen LogP contribution in [-0.4, -0.2) is 53.1 Å². The Balaban J connectivity index is 1.74. The molecule has 33 heavy (non-hydrogen) atoms. The van der Waals surface area contributed by atoms with Gasteiger partial charge >= 0.3 is 0 Å². The Morgan fingerprint density at radius 3 is 2.24 bits per heavy atom. The van der Waals surface area contributed by atoms with Crippen molar-refractivity contribution in [2.24, 2.45) is 11.3 Å². The van der Waals surface area contributed by atoms with Crippen LogP contribution in [0.5, 0.6) is 0 Å². The van der Waals surface area contributed by atoms with Crippen LogP contribution in [0, 0.1) is 18.3 Å². The lowest BCUT2D eigenvalue weighted by Gasteiger charge is -2.37. The SMILES string of the molecule is C/C(=C\C(=O)C[C@H](C(=O)N1CCCC1C(=O)N1CCCCC1)C(C)(C)C)c1ccc(C)cc1. The molecule has 1 unspecified atom stereocenters. The molecule has 5 heteroatoms. The van der Waals surface area contributed by atoms with Crippen LogP contribution < -0.4 is 0 Å². The lowest BCUT2D eigenvalue weighted by Crippen LogP contribution is -2.52. The van der Waals surface area contributed by atoms with Crippen LogP contribution in [0.3, 0.4) is 0 Å². The van der Waals surface area contributed by atoms with E-state index in [1.54, 1.807) is 11.0 Å². The summed E-state index contributed by atoms with van der Waals surface area (Å²) in [6.45, 7) is 12.2. The van der Waals surface area contributed by atoms with Gasteiger partial charge in [0.15, 0.2) is 5.78 Å². The number of hydrogen-bond donors (Lipinski definition) is 0. The summed E-state index contributed by atoms with van der Waals surface area (Å²) in [5.41, 5.74) is 2.72. The van der Waals surface area contributed by atoms with Crippen LogP contribution in [0.15, 0.2) is 30.3 Å². The minimum atomic E-state index is -0.457. The van der Waals surface area contributed by atoms with Crippen LogP contribution in [0.2, 0.25) is 0 Å². The van der Waals surface area contributed by atoms with Gasteiger partial charge in [0.2, 0.25) is 11.8 Å². The number of ketones is 1. The molecule has 1 aromatic carbocycles. The maximum Gasteiger partial charge on any atom is 0.245 e. The highest BCUT2D eigenvalue weighted by Crippen LogP contribution is 2.34. The van der Waals surface area contributed by atoms with Crippen molar-refractivity contribution in [3.8, 4) is 0 Å². The molecule has 2 amide bonds. The number of piperidine rings is 1. The number of allylic oxidation sites excluding steroid dienone is 2. The topological polar surface area (TPSA) is 57.7 Å². The lowest BCUT2D eigenvalue weighted by molar-refractivity contribution is -0.149. The third kappa shape index (κ3) is 6.33. The molecule has 2 atom stereocenters. The first-order valence-corrected chi connectivity index (χ1v) is 12.5. The van der Waals surface area contributed by atoms with Gasteiger partial charge in [0, 0.05) is 26.1 Å². The van der Waals surface area contributed by atoms with E-state index in [-0.39, 0.29) is 35.5 Å². The molecule has 3 rings (SSSR count). The molecule has 2 saturated heterocycles. The van der Waals surface area contributed by atoms with Crippen LogP contribution in [0.25, 0.3) is 5.57 Å². The maximum atomic E-state index is 13.7. The smallest absolute Gasteiger partial charge is 0.245 e. The number of nitrogens with zero attached hydrogens (tertiary/aromatic N) is 2. The van der Waals surface area contributed by atoms with Gasteiger partial charge < -0.3 is 9.80 Å². The van der Waals surface area contributed by atoms with Gasteiger partial charge in [-0.15, -0.1) is 0 Å². The molecule has 0 saturated carbocycles. The summed E-state index contributed by atoms with van der Waals surface area (Å²) in [5, 5.41) is 0. The van der Waals surface area contributed by atoms with Crippen molar-refractivity contribution in [3.05, 3.63) is 41.5 Å². The van der Waals surface area contributed by atoms with Crippen molar-refractivity contribution in [2.45, 2.75) is 79.2 Å². The number of amides is 2. The second-order valence-electron chi connectivity index (χ2n) is 10.9. The van der Waals surface area contributed by atoms with Gasteiger partial charge in [-0.1, -0.05) is 50.6 Å². The van der Waals surface area contributed by atoms with Gasteiger partial charge in [-0.25, -0.2) is 0 Å². The highest BCUT2D eigenvalue weighted by Gasteiger charge is 2.42. The van der Waals surface area contributed by atoms with E-state index in [0.29, 0.717) is 6.54 Å². The molecule has 2 aliphatic rings. The summed E-state index contributed by atoms with van der Waals surface area (Å²) in [7, 11) is 0. The standard InChI is InChI=1S/C28H40N2O3/c1-20-11-13-22(14-12-20)21(2)18-23(31)19-24(28(3,4)5)26(32)30-17-9-10-25(30)27(33)29-15-7-6-8-16-29/h11-14,18,24-25H,6-10,15-17,19H2,1-5H3/b21-18+/t24-,25?/m1/s1. The first kappa shape index (κ1) is 25.2. The molecule has 0 aromatic heterocycles. The second-order valence-corrected chi connectivity index (χ2v) is 10.9. The van der Waals surface area contributed by atoms with E-state index < -0.39 is 5.92 Å². The summed E-state index contributed by atoms with van der Waals surface area (Å²) in [4.78, 5) is 43.6. The van der Waals surface area contributed by atoms with Crippen molar-refractivity contribution in [1.82, 2.24) is 9.80 Å². The number of rotatable bonds is 6. The molecular formula is C28H40N2O3. The molecule has 2 fully saturated rings. The molecule has 0 aliphatic carbocycles. The Kier molecular flexibility index (Phi) is 8.14. The van der Waals surface area contributed by atoms with Gasteiger partial charge in [-0.05, 0) is 68.6 Å². The zero-order valence-corrected chi connectivity index (χ0v) is 21.0. The first-order chi connectivity index (χ1) is 15.6. The Hall–Kier alpha value is -2.43. The second kappa shape index (κ2) is 10.7. The average Bonchev–Trinajstić information content (AvgIpc) is 3.26. The van der Waals surface area contributed by atoms with E-state index in [2.05, 4.69) is 0 Å². The molecule has 180 valence electrons. The molecular weight excluding hydrogens is 412 g/mol. The fraction of sp³-hybridized carbons (Fsp3) is 0.607. The first-order valence-electron chi connectivity index (χ1n) is 12.5. The van der Waals surface area contributed by atoms with Crippen molar-refractivity contribution in [3.63, 3.8) is 0 Å². The number of carbonyl (C=O) groups is 3. The van der Waals surface area contributed by atoms with E-state index in [1.165, 1.54) is 12.0 Å². The quantitative estimate of drug-likeness (QED) is 0.569. The Morgan fingerprint density at radius 2 is 1.64 bits per heavy atom. The molecule has 2 aliphatic heterocycles. The average molecular weight is 453 g/mol. The zero-order valence-electron chi connectivity index (χ0n) is 21.0. The minimum absolute atomic E-state index is 0.0422. The largest absolute Gasteiger partial charge is 0.341 e. The summed E-state index contributed by atoms with van der Waals surface area (Å²) in [6, 6.07) is 7.72. The summed E-state index contributed by atoms with van der Waals surface area (Å²) < 4.78 is 0. The van der Waals surface area contributed by atoms with Crippen LogP contribution in [-0.2, 0) is 14.4 Å². The molecule has 0 radical (unpaired) electrons. The van der Waals surface area contributed by atoms with E-state index in [9.17, 15) is 14.4 Å². The summed E-state index contributed by atoms with van der Waals surface area (Å²) in [5.74, 6) is -0.457. The molecule has 0 N–H and O–H groups in total. The van der Waals surface area contributed by atoms with Crippen LogP contribution in [0.4, 0.5) is 0 Å². The fourth-order valence-corrected chi connectivity index (χ4v) is 4.98. The van der Waals surface area contributed by atoms with E-state index in [0.717, 1.165) is 49.9 Å². The normalized spacial score (nSPS) is 20.6. The van der Waals surface area contributed by atoms with Gasteiger partial charge in [0.25, 0.3) is 0 Å². The van der Waals surface area contributed by atoms with Crippen molar-refractivity contribution in [2.75, 3.05) is 19.6 Å². The minimum Gasteiger partial charge on any atom is -0.341 e. The molecule has 0 bridgehead atoms. The maximum absolute atomic E-state index is 13.7. The van der Waals surface area contributed by atoms with Crippen LogP contribution >= 0.6 is 0 Å². The van der Waals surface area contributed by atoms with Gasteiger partial charge in [0.1, 0.15) is 6.04 Å².